The van der Waals surface area contributed by atoms with E-state index in [2.05, 4.69) is 4.98 Å². The maximum atomic E-state index is 11.8. The monoisotopic (exact) mass is 322 g/mol. The standard InChI is InChI=1S/C15H18N2O4S/c1-9-6-13(21-3)10(7-12(9)20-2)11-8-14(19)16-15(22)17(11)4-5-18/h6-8,18H,4-5H2,1-3H3,(H,16,19,22). The predicted octanol–water partition coefficient (Wildman–Crippen LogP) is 1.89. The number of rotatable bonds is 5. The van der Waals surface area contributed by atoms with Crippen LogP contribution in [0.25, 0.3) is 11.3 Å². The van der Waals surface area contributed by atoms with Crippen LogP contribution in [0.4, 0.5) is 0 Å². The van der Waals surface area contributed by atoms with Gasteiger partial charge >= 0.3 is 0 Å². The molecule has 1 aromatic carbocycles. The maximum Gasteiger partial charge on any atom is 0.252 e. The van der Waals surface area contributed by atoms with Crippen LogP contribution >= 0.6 is 12.2 Å². The van der Waals surface area contributed by atoms with E-state index < -0.39 is 0 Å². The molecule has 22 heavy (non-hydrogen) atoms. The predicted molar refractivity (Wildman–Crippen MR) is 86.2 cm³/mol. The van der Waals surface area contributed by atoms with Gasteiger partial charge in [0.15, 0.2) is 4.77 Å². The molecule has 0 atom stereocenters. The lowest BCUT2D eigenvalue weighted by atomic mass is 10.1. The highest BCUT2D eigenvalue weighted by Gasteiger charge is 2.15. The van der Waals surface area contributed by atoms with E-state index >= 15 is 0 Å². The van der Waals surface area contributed by atoms with Crippen LogP contribution in [0.2, 0.25) is 0 Å². The number of ether oxygens (including phenoxy) is 2. The molecular formula is C15H18N2O4S. The average molecular weight is 322 g/mol. The van der Waals surface area contributed by atoms with Gasteiger partial charge in [0.1, 0.15) is 11.5 Å². The van der Waals surface area contributed by atoms with E-state index in [1.165, 1.54) is 6.07 Å². The summed E-state index contributed by atoms with van der Waals surface area (Å²) in [6.07, 6.45) is 0. The number of methoxy groups -OCH3 is 2. The summed E-state index contributed by atoms with van der Waals surface area (Å²) in [5, 5.41) is 9.24. The van der Waals surface area contributed by atoms with Crippen LogP contribution in [-0.4, -0.2) is 35.5 Å². The summed E-state index contributed by atoms with van der Waals surface area (Å²) < 4.78 is 12.7. The van der Waals surface area contributed by atoms with Crippen LogP contribution < -0.4 is 15.0 Å². The van der Waals surface area contributed by atoms with Gasteiger partial charge < -0.3 is 19.1 Å². The molecule has 0 saturated heterocycles. The van der Waals surface area contributed by atoms with E-state index in [0.717, 1.165) is 5.56 Å². The number of H-pyrrole nitrogens is 1. The molecule has 0 aliphatic carbocycles. The Morgan fingerprint density at radius 3 is 2.50 bits per heavy atom. The Hall–Kier alpha value is -2.12. The van der Waals surface area contributed by atoms with Gasteiger partial charge in [0.25, 0.3) is 5.56 Å². The minimum atomic E-state index is -0.309. The number of aryl methyl sites for hydroxylation is 1. The van der Waals surface area contributed by atoms with Crippen molar-refractivity contribution in [2.24, 2.45) is 0 Å². The fourth-order valence-corrected chi connectivity index (χ4v) is 2.61. The lowest BCUT2D eigenvalue weighted by Crippen LogP contribution is -2.16. The van der Waals surface area contributed by atoms with Gasteiger partial charge in [-0.3, -0.25) is 9.78 Å². The number of nitrogens with one attached hydrogen (secondary N) is 1. The summed E-state index contributed by atoms with van der Waals surface area (Å²) >= 11 is 5.18. The summed E-state index contributed by atoms with van der Waals surface area (Å²) in [5.74, 6) is 1.28. The molecule has 0 unspecified atom stereocenters. The fourth-order valence-electron chi connectivity index (χ4n) is 2.32. The van der Waals surface area contributed by atoms with Crippen LogP contribution in [0.3, 0.4) is 0 Å². The molecule has 1 aromatic heterocycles. The van der Waals surface area contributed by atoms with Gasteiger partial charge in [0.2, 0.25) is 0 Å². The van der Waals surface area contributed by atoms with E-state index in [1.54, 1.807) is 24.9 Å². The molecule has 2 aromatic rings. The fraction of sp³-hybridized carbons (Fsp3) is 0.333. The van der Waals surface area contributed by atoms with Gasteiger partial charge in [0, 0.05) is 18.2 Å². The van der Waals surface area contributed by atoms with Crippen molar-refractivity contribution >= 4 is 12.2 Å². The Morgan fingerprint density at radius 1 is 1.23 bits per heavy atom. The van der Waals surface area contributed by atoms with Crippen molar-refractivity contribution in [1.29, 1.82) is 0 Å². The minimum absolute atomic E-state index is 0.0985. The van der Waals surface area contributed by atoms with Crippen LogP contribution in [0.15, 0.2) is 23.0 Å². The highest BCUT2D eigenvalue weighted by molar-refractivity contribution is 7.71. The third-order valence-electron chi connectivity index (χ3n) is 3.35. The Kier molecular flexibility index (Phi) is 4.99. The van der Waals surface area contributed by atoms with Gasteiger partial charge in [-0.05, 0) is 36.8 Å². The highest BCUT2D eigenvalue weighted by Crippen LogP contribution is 2.35. The first-order chi connectivity index (χ1) is 10.5. The van der Waals surface area contributed by atoms with Crippen LogP contribution in [0.1, 0.15) is 5.56 Å². The normalized spacial score (nSPS) is 10.5. The van der Waals surface area contributed by atoms with Gasteiger partial charge in [-0.25, -0.2) is 0 Å². The Morgan fingerprint density at radius 2 is 1.91 bits per heavy atom. The number of hydrogen-bond acceptors (Lipinski definition) is 5. The Balaban J connectivity index is 2.80. The molecule has 0 saturated carbocycles. The van der Waals surface area contributed by atoms with E-state index in [1.807, 2.05) is 13.0 Å². The maximum absolute atomic E-state index is 11.8. The van der Waals surface area contributed by atoms with Crippen LogP contribution in [-0.2, 0) is 6.54 Å². The number of aromatic nitrogens is 2. The molecule has 1 heterocycles. The van der Waals surface area contributed by atoms with Gasteiger partial charge in [-0.2, -0.15) is 0 Å². The van der Waals surface area contributed by atoms with Crippen molar-refractivity contribution in [3.8, 4) is 22.8 Å². The Labute approximate surface area is 133 Å². The molecule has 6 nitrogen and oxygen atoms in total. The van der Waals surface area contributed by atoms with E-state index in [4.69, 9.17) is 21.7 Å². The van der Waals surface area contributed by atoms with Crippen molar-refractivity contribution in [1.82, 2.24) is 9.55 Å². The molecule has 0 amide bonds. The zero-order chi connectivity index (χ0) is 16.3. The largest absolute Gasteiger partial charge is 0.496 e. The molecule has 7 heteroatoms. The van der Waals surface area contributed by atoms with E-state index in [0.29, 0.717) is 22.8 Å². The third kappa shape index (κ3) is 3.05. The molecule has 0 spiro atoms. The quantitative estimate of drug-likeness (QED) is 0.822. The molecule has 0 aliphatic heterocycles. The summed E-state index contributed by atoms with van der Waals surface area (Å²) in [6.45, 7) is 2.08. The molecule has 118 valence electrons. The molecule has 0 bridgehead atoms. The minimum Gasteiger partial charge on any atom is -0.496 e. The van der Waals surface area contributed by atoms with E-state index in [-0.39, 0.29) is 23.5 Å². The average Bonchev–Trinajstić information content (AvgIpc) is 2.49. The third-order valence-corrected chi connectivity index (χ3v) is 3.67. The van der Waals surface area contributed by atoms with Crippen LogP contribution in [0.5, 0.6) is 11.5 Å². The van der Waals surface area contributed by atoms with Gasteiger partial charge in [0.05, 0.1) is 26.5 Å². The lowest BCUT2D eigenvalue weighted by molar-refractivity contribution is 0.275. The van der Waals surface area contributed by atoms with Gasteiger partial charge in [-0.1, -0.05) is 0 Å². The van der Waals surface area contributed by atoms with Gasteiger partial charge in [-0.15, -0.1) is 0 Å². The summed E-state index contributed by atoms with van der Waals surface area (Å²) in [5.41, 5.74) is 1.85. The second kappa shape index (κ2) is 6.76. The molecule has 0 fully saturated rings. The first-order valence-electron chi connectivity index (χ1n) is 6.69. The zero-order valence-electron chi connectivity index (χ0n) is 12.7. The summed E-state index contributed by atoms with van der Waals surface area (Å²) in [6, 6.07) is 5.06. The van der Waals surface area contributed by atoms with E-state index in [9.17, 15) is 9.90 Å². The first kappa shape index (κ1) is 16.3. The molecule has 2 rings (SSSR count). The summed E-state index contributed by atoms with van der Waals surface area (Å²) in [4.78, 5) is 14.3. The molecular weight excluding hydrogens is 304 g/mol. The Bertz CT molecular complexity index is 795. The highest BCUT2D eigenvalue weighted by atomic mass is 32.1. The van der Waals surface area contributed by atoms with Crippen molar-refractivity contribution in [2.75, 3.05) is 20.8 Å². The molecule has 0 aliphatic rings. The second-order valence-corrected chi connectivity index (χ2v) is 5.11. The number of aliphatic hydroxyl groups excluding tert-OH is 1. The molecule has 0 radical (unpaired) electrons. The number of aromatic amines is 1. The zero-order valence-corrected chi connectivity index (χ0v) is 13.5. The summed E-state index contributed by atoms with van der Waals surface area (Å²) in [7, 11) is 3.14. The van der Waals surface area contributed by atoms with Crippen molar-refractivity contribution in [3.63, 3.8) is 0 Å². The first-order valence-corrected chi connectivity index (χ1v) is 7.10. The number of nitrogens with zero attached hydrogens (tertiary/aromatic N) is 1. The SMILES string of the molecule is COc1cc(-c2cc(=O)[nH]c(=S)n2CCO)c(OC)cc1C. The smallest absolute Gasteiger partial charge is 0.252 e. The number of benzene rings is 1. The van der Waals surface area contributed by atoms with Crippen LogP contribution in [0, 0.1) is 11.7 Å². The second-order valence-electron chi connectivity index (χ2n) is 4.72. The van der Waals surface area contributed by atoms with Crippen molar-refractivity contribution in [2.45, 2.75) is 13.5 Å². The number of hydrogen-bond donors (Lipinski definition) is 2. The van der Waals surface area contributed by atoms with Crippen molar-refractivity contribution < 1.29 is 14.6 Å². The molecule has 2 N–H and O–H groups in total. The topological polar surface area (TPSA) is 76.5 Å². The lowest BCUT2D eigenvalue weighted by Gasteiger charge is -2.17. The van der Waals surface area contributed by atoms with Crippen molar-refractivity contribution in [3.05, 3.63) is 38.9 Å². The number of aliphatic hydroxyl groups is 1.